The summed E-state index contributed by atoms with van der Waals surface area (Å²) >= 11 is 0. The molecule has 5 heteroatoms. The zero-order valence-electron chi connectivity index (χ0n) is 12.9. The molecule has 2 rings (SSSR count). The molecule has 0 atom stereocenters. The van der Waals surface area contributed by atoms with E-state index in [2.05, 4.69) is 76.3 Å². The summed E-state index contributed by atoms with van der Waals surface area (Å²) in [5, 5.41) is 2.66. The molecule has 0 amide bonds. The Morgan fingerprint density at radius 2 is 1.35 bits per heavy atom. The number of rotatable bonds is 0. The molecule has 20 heavy (non-hydrogen) atoms. The van der Waals surface area contributed by atoms with Crippen molar-refractivity contribution in [2.45, 2.75) is 33.9 Å². The third-order valence-corrected chi connectivity index (χ3v) is 1.55. The second-order valence-electron chi connectivity index (χ2n) is 4.15. The maximum absolute atomic E-state index is 2.15. The fraction of sp³-hybridized carbons (Fsp3) is 0.333. The van der Waals surface area contributed by atoms with E-state index in [-0.39, 0.29) is 52.7 Å². The molecule has 0 bridgehead atoms. The topological polar surface area (TPSA) is 33.5 Å². The summed E-state index contributed by atoms with van der Waals surface area (Å²) in [5.41, 5.74) is 0. The SMILES string of the molecule is C[C-](C)C.C[Si]C.Cl.Cl.[NH2-].[Ti+3].c1ccc2[cH-]ccc2c1. The monoisotopic (exact) mass is 366 g/mol. The average molecular weight is 367 g/mol. The standard InChI is InChI=1S/C9H7.C4H9.C2H6Si.2ClH.H2N.Ti/c1-2-5-9-7-3-6-8(9)4-1;1-4(2)3;1-3-2;;;;/h1-7H;1-3H3;1-2H3;2*1H;1H2;/q2*-1;;;;-1;+3. The summed E-state index contributed by atoms with van der Waals surface area (Å²) < 4.78 is 0. The van der Waals surface area contributed by atoms with E-state index in [0.29, 0.717) is 0 Å². The minimum atomic E-state index is 0. The van der Waals surface area contributed by atoms with Crippen LogP contribution in [0.3, 0.4) is 0 Å². The van der Waals surface area contributed by atoms with Gasteiger partial charge in [0.05, 0.1) is 0 Å². The Balaban J connectivity index is -0.0000000607. The molecule has 0 spiro atoms. The molecule has 2 aromatic rings. The molecular weight excluding hydrogens is 341 g/mol. The fourth-order valence-corrected chi connectivity index (χ4v) is 1.07. The molecule has 0 saturated heterocycles. The van der Waals surface area contributed by atoms with Crippen LogP contribution in [0.15, 0.2) is 42.5 Å². The van der Waals surface area contributed by atoms with Crippen molar-refractivity contribution < 1.29 is 21.7 Å². The van der Waals surface area contributed by atoms with E-state index in [4.69, 9.17) is 0 Å². The van der Waals surface area contributed by atoms with Gasteiger partial charge in [-0.1, -0.05) is 19.2 Å². The van der Waals surface area contributed by atoms with Crippen molar-refractivity contribution in [1.82, 2.24) is 0 Å². The van der Waals surface area contributed by atoms with Crippen molar-refractivity contribution >= 4 is 45.1 Å². The minimum Gasteiger partial charge on any atom is -0.693 e. The molecular formula is C15H26Cl2NSiTi. The first kappa shape index (κ1) is 32.3. The summed E-state index contributed by atoms with van der Waals surface area (Å²) in [6.45, 7) is 10.6. The van der Waals surface area contributed by atoms with Crippen LogP contribution in [0.5, 0.6) is 0 Å². The molecule has 113 valence electrons. The summed E-state index contributed by atoms with van der Waals surface area (Å²) in [5.74, 6) is 1.42. The molecule has 0 aliphatic carbocycles. The maximum Gasteiger partial charge on any atom is 3.00 e. The van der Waals surface area contributed by atoms with Crippen LogP contribution in [0, 0.1) is 5.92 Å². The van der Waals surface area contributed by atoms with Crippen molar-refractivity contribution in [2.75, 3.05) is 0 Å². The largest absolute Gasteiger partial charge is 3.00 e. The Labute approximate surface area is 154 Å². The first-order chi connectivity index (χ1) is 7.61. The first-order valence-electron chi connectivity index (χ1n) is 5.57. The summed E-state index contributed by atoms with van der Waals surface area (Å²) in [7, 11) is 1.08. The number of halogens is 2. The predicted octanol–water partition coefficient (Wildman–Crippen LogP) is 6.52. The molecule has 2 N–H and O–H groups in total. The van der Waals surface area contributed by atoms with Gasteiger partial charge in [0, 0.05) is 9.52 Å². The van der Waals surface area contributed by atoms with Gasteiger partial charge in [0.25, 0.3) is 0 Å². The summed E-state index contributed by atoms with van der Waals surface area (Å²) in [4.78, 5) is 0. The number of hydrogen-bond acceptors (Lipinski definition) is 0. The van der Waals surface area contributed by atoms with E-state index in [1.807, 2.05) is 0 Å². The minimum absolute atomic E-state index is 0. The number of fused-ring (bicyclic) bond motifs is 1. The third kappa shape index (κ3) is 18.3. The van der Waals surface area contributed by atoms with Crippen molar-refractivity contribution in [2.24, 2.45) is 0 Å². The Hall–Kier alpha value is 0.301. The van der Waals surface area contributed by atoms with E-state index in [0.717, 1.165) is 9.52 Å². The van der Waals surface area contributed by atoms with Gasteiger partial charge >= 0.3 is 21.7 Å². The molecule has 0 heterocycles. The van der Waals surface area contributed by atoms with E-state index < -0.39 is 0 Å². The van der Waals surface area contributed by atoms with E-state index in [9.17, 15) is 0 Å². The number of benzene rings is 1. The van der Waals surface area contributed by atoms with Crippen molar-refractivity contribution in [1.29, 1.82) is 0 Å². The molecule has 0 unspecified atom stereocenters. The second kappa shape index (κ2) is 21.6. The average Bonchev–Trinajstić information content (AvgIpc) is 2.65. The van der Waals surface area contributed by atoms with Crippen LogP contribution in [0.4, 0.5) is 0 Å². The van der Waals surface area contributed by atoms with Crippen molar-refractivity contribution in [3.05, 3.63) is 54.5 Å². The Kier molecular flexibility index (Phi) is 34.9. The van der Waals surface area contributed by atoms with E-state index in [1.54, 1.807) is 0 Å². The van der Waals surface area contributed by atoms with Crippen LogP contribution in [-0.2, 0) is 21.7 Å². The zero-order chi connectivity index (χ0) is 12.4. The molecule has 0 fully saturated rings. The zero-order valence-corrected chi connectivity index (χ0v) is 17.1. The van der Waals surface area contributed by atoms with Gasteiger partial charge < -0.3 is 12.1 Å². The van der Waals surface area contributed by atoms with Crippen LogP contribution in [0.2, 0.25) is 13.1 Å². The van der Waals surface area contributed by atoms with Gasteiger partial charge in [-0.2, -0.15) is 38.3 Å². The van der Waals surface area contributed by atoms with Gasteiger partial charge in [0.15, 0.2) is 0 Å². The molecule has 0 aliphatic rings. The van der Waals surface area contributed by atoms with E-state index >= 15 is 0 Å². The van der Waals surface area contributed by atoms with Gasteiger partial charge in [-0.3, -0.25) is 0 Å². The number of hydrogen-bond donors (Lipinski definition) is 0. The van der Waals surface area contributed by atoms with Crippen LogP contribution in [0.25, 0.3) is 16.9 Å². The van der Waals surface area contributed by atoms with Crippen molar-refractivity contribution in [3.63, 3.8) is 0 Å². The predicted molar refractivity (Wildman–Crippen MR) is 97.1 cm³/mol. The Morgan fingerprint density at radius 3 is 1.75 bits per heavy atom. The molecule has 0 saturated carbocycles. The van der Waals surface area contributed by atoms with Gasteiger partial charge in [-0.15, -0.1) is 54.5 Å². The van der Waals surface area contributed by atoms with Gasteiger partial charge in [-0.05, 0) is 0 Å². The molecule has 2 aromatic carbocycles. The molecule has 0 aliphatic heterocycles. The van der Waals surface area contributed by atoms with Crippen molar-refractivity contribution in [3.8, 4) is 0 Å². The third-order valence-electron chi connectivity index (χ3n) is 1.55. The van der Waals surface area contributed by atoms with Gasteiger partial charge in [0.1, 0.15) is 0 Å². The van der Waals surface area contributed by atoms with Crippen LogP contribution in [-0.4, -0.2) is 9.52 Å². The van der Waals surface area contributed by atoms with Gasteiger partial charge in [0.2, 0.25) is 0 Å². The smallest absolute Gasteiger partial charge is 0.693 e. The fourth-order valence-electron chi connectivity index (χ4n) is 1.07. The Bertz CT molecular complexity index is 348. The van der Waals surface area contributed by atoms with Crippen LogP contribution in [0.1, 0.15) is 20.8 Å². The molecule has 1 nitrogen and oxygen atoms in total. The maximum atomic E-state index is 2.15. The van der Waals surface area contributed by atoms with Crippen LogP contribution >= 0.6 is 24.8 Å². The molecule has 0 aromatic heterocycles. The quantitative estimate of drug-likeness (QED) is 0.375. The normalized spacial score (nSPS) is 7.30. The Morgan fingerprint density at radius 1 is 0.950 bits per heavy atom. The second-order valence-corrected chi connectivity index (χ2v) is 5.15. The molecule has 3 radical (unpaired) electrons. The summed E-state index contributed by atoms with van der Waals surface area (Å²) in [6.07, 6.45) is 0. The van der Waals surface area contributed by atoms with Gasteiger partial charge in [-0.25, -0.2) is 0 Å². The first-order valence-corrected chi connectivity index (χ1v) is 7.57. The number of nitrogens with two attached hydrogens (primary N) is 1. The summed E-state index contributed by atoms with van der Waals surface area (Å²) in [6, 6.07) is 14.7. The van der Waals surface area contributed by atoms with Crippen LogP contribution < -0.4 is 0 Å². The van der Waals surface area contributed by atoms with E-state index in [1.165, 1.54) is 16.7 Å².